The lowest BCUT2D eigenvalue weighted by Gasteiger charge is -2.31. The third-order valence-electron chi connectivity index (χ3n) is 4.88. The van der Waals surface area contributed by atoms with Crippen LogP contribution in [-0.2, 0) is 6.54 Å². The van der Waals surface area contributed by atoms with Crippen LogP contribution in [0.4, 0.5) is 5.13 Å². The summed E-state index contributed by atoms with van der Waals surface area (Å²) in [5.41, 5.74) is 0.678. The fraction of sp³-hybridized carbons (Fsp3) is 0.556. The van der Waals surface area contributed by atoms with Gasteiger partial charge in [0.15, 0.2) is 0 Å². The van der Waals surface area contributed by atoms with Crippen molar-refractivity contribution in [3.05, 3.63) is 41.7 Å². The summed E-state index contributed by atoms with van der Waals surface area (Å²) < 4.78 is 4.55. The minimum atomic E-state index is -0.569. The normalized spacial score (nSPS) is 19.9. The van der Waals surface area contributed by atoms with Gasteiger partial charge < -0.3 is 10.0 Å². The van der Waals surface area contributed by atoms with Gasteiger partial charge in [-0.05, 0) is 31.2 Å². The maximum absolute atomic E-state index is 10.8. The molecule has 2 aliphatic carbocycles. The van der Waals surface area contributed by atoms with Crippen LogP contribution in [0.25, 0.3) is 0 Å². The van der Waals surface area contributed by atoms with E-state index in [0.29, 0.717) is 12.5 Å². The van der Waals surface area contributed by atoms with Gasteiger partial charge in [-0.2, -0.15) is 4.37 Å². The van der Waals surface area contributed by atoms with Gasteiger partial charge in [0.05, 0.1) is 5.60 Å². The van der Waals surface area contributed by atoms with E-state index in [4.69, 9.17) is 4.98 Å². The molecule has 0 spiro atoms. The second-order valence-electron chi connectivity index (χ2n) is 6.98. The highest BCUT2D eigenvalue weighted by molar-refractivity contribution is 7.09. The Morgan fingerprint density at radius 2 is 1.91 bits per heavy atom. The van der Waals surface area contributed by atoms with Crippen LogP contribution in [0.5, 0.6) is 0 Å². The summed E-state index contributed by atoms with van der Waals surface area (Å²) in [6.45, 7) is 1.43. The lowest BCUT2D eigenvalue weighted by molar-refractivity contribution is 0.0544. The second-order valence-corrected chi connectivity index (χ2v) is 7.71. The Kier molecular flexibility index (Phi) is 4.07. The molecule has 122 valence electrons. The number of hydrogen-bond donors (Lipinski definition) is 1. The molecule has 0 saturated heterocycles. The molecule has 0 aliphatic heterocycles. The van der Waals surface area contributed by atoms with E-state index in [-0.39, 0.29) is 0 Å². The SMILES string of the molecule is OC1(CN(Cc2ccccc2)c2nc(C3CC3)ns2)CCCC1. The lowest BCUT2D eigenvalue weighted by Crippen LogP contribution is -2.41. The number of nitrogens with zero attached hydrogens (tertiary/aromatic N) is 3. The largest absolute Gasteiger partial charge is 0.388 e. The fourth-order valence-corrected chi connectivity index (χ4v) is 4.15. The Labute approximate surface area is 141 Å². The fourth-order valence-electron chi connectivity index (χ4n) is 3.40. The molecule has 0 radical (unpaired) electrons. The Morgan fingerprint density at radius 3 is 2.61 bits per heavy atom. The average Bonchev–Trinajstić information content (AvgIpc) is 3.13. The van der Waals surface area contributed by atoms with Gasteiger partial charge in [-0.1, -0.05) is 43.2 Å². The van der Waals surface area contributed by atoms with E-state index < -0.39 is 5.60 Å². The molecule has 4 nitrogen and oxygen atoms in total. The first-order valence-corrected chi connectivity index (χ1v) is 9.34. The molecule has 2 aromatic rings. The van der Waals surface area contributed by atoms with Gasteiger partial charge >= 0.3 is 0 Å². The molecule has 0 bridgehead atoms. The number of hydrogen-bond acceptors (Lipinski definition) is 5. The predicted octanol–water partition coefficient (Wildman–Crippen LogP) is 3.73. The third kappa shape index (κ3) is 3.56. The smallest absolute Gasteiger partial charge is 0.205 e. The molecule has 1 aromatic heterocycles. The highest BCUT2D eigenvalue weighted by Gasteiger charge is 2.35. The zero-order valence-corrected chi connectivity index (χ0v) is 14.1. The minimum absolute atomic E-state index is 0.569. The molecule has 0 atom stereocenters. The highest BCUT2D eigenvalue weighted by atomic mass is 32.1. The van der Waals surface area contributed by atoms with Crippen LogP contribution >= 0.6 is 11.5 Å². The summed E-state index contributed by atoms with van der Waals surface area (Å²) in [4.78, 5) is 6.99. The lowest BCUT2D eigenvalue weighted by atomic mass is 10.0. The predicted molar refractivity (Wildman–Crippen MR) is 92.8 cm³/mol. The number of benzene rings is 1. The molecular formula is C18H23N3OS. The summed E-state index contributed by atoms with van der Waals surface area (Å²) in [7, 11) is 0. The van der Waals surface area contributed by atoms with Crippen LogP contribution in [0.2, 0.25) is 0 Å². The number of rotatable bonds is 6. The van der Waals surface area contributed by atoms with Crippen LogP contribution in [0.15, 0.2) is 30.3 Å². The summed E-state index contributed by atoms with van der Waals surface area (Å²) in [5, 5.41) is 11.8. The monoisotopic (exact) mass is 329 g/mol. The molecule has 4 rings (SSSR count). The Morgan fingerprint density at radius 1 is 1.17 bits per heavy atom. The molecule has 0 amide bonds. The van der Waals surface area contributed by atoms with Gasteiger partial charge in [0.25, 0.3) is 0 Å². The van der Waals surface area contributed by atoms with Crippen molar-refractivity contribution in [3.8, 4) is 0 Å². The minimum Gasteiger partial charge on any atom is -0.388 e. The second kappa shape index (κ2) is 6.21. The first-order chi connectivity index (χ1) is 11.2. The highest BCUT2D eigenvalue weighted by Crippen LogP contribution is 2.40. The van der Waals surface area contributed by atoms with Gasteiger partial charge in [-0.3, -0.25) is 0 Å². The molecule has 0 unspecified atom stereocenters. The molecule has 2 fully saturated rings. The molecule has 23 heavy (non-hydrogen) atoms. The van der Waals surface area contributed by atoms with E-state index in [2.05, 4.69) is 33.5 Å². The molecule has 1 N–H and O–H groups in total. The first-order valence-electron chi connectivity index (χ1n) is 8.57. The van der Waals surface area contributed by atoms with Crippen LogP contribution < -0.4 is 4.90 Å². The third-order valence-corrected chi connectivity index (χ3v) is 5.67. The molecule has 2 saturated carbocycles. The van der Waals surface area contributed by atoms with Crippen molar-refractivity contribution in [2.24, 2.45) is 0 Å². The summed E-state index contributed by atoms with van der Waals surface area (Å²) in [6.07, 6.45) is 6.48. The van der Waals surface area contributed by atoms with Crippen molar-refractivity contribution in [1.82, 2.24) is 9.36 Å². The standard InChI is InChI=1S/C18H23N3OS/c22-18(10-4-5-11-18)13-21(12-14-6-2-1-3-7-14)17-19-16(20-23-17)15-8-9-15/h1-3,6-7,15,22H,4-5,8-13H2. The zero-order chi connectivity index (χ0) is 15.7. The molecular weight excluding hydrogens is 306 g/mol. The Hall–Kier alpha value is -1.46. The average molecular weight is 329 g/mol. The summed E-state index contributed by atoms with van der Waals surface area (Å²) >= 11 is 1.48. The Bertz CT molecular complexity index is 647. The van der Waals surface area contributed by atoms with Crippen LogP contribution in [-0.4, -0.2) is 26.6 Å². The van der Waals surface area contributed by atoms with Crippen LogP contribution in [0, 0.1) is 0 Å². The van der Waals surface area contributed by atoms with E-state index >= 15 is 0 Å². The van der Waals surface area contributed by atoms with Crippen LogP contribution in [0.3, 0.4) is 0 Å². The first kappa shape index (κ1) is 15.1. The number of anilines is 1. The van der Waals surface area contributed by atoms with Crippen molar-refractivity contribution in [2.45, 2.75) is 56.6 Å². The molecule has 2 aliphatic rings. The van der Waals surface area contributed by atoms with Gasteiger partial charge in [0.1, 0.15) is 5.82 Å². The molecule has 5 heteroatoms. The van der Waals surface area contributed by atoms with Crippen molar-refractivity contribution < 1.29 is 5.11 Å². The zero-order valence-electron chi connectivity index (χ0n) is 13.3. The van der Waals surface area contributed by atoms with E-state index in [9.17, 15) is 5.11 Å². The summed E-state index contributed by atoms with van der Waals surface area (Å²) in [5.74, 6) is 1.58. The summed E-state index contributed by atoms with van der Waals surface area (Å²) in [6, 6.07) is 10.4. The maximum atomic E-state index is 10.8. The van der Waals surface area contributed by atoms with Crippen molar-refractivity contribution in [3.63, 3.8) is 0 Å². The van der Waals surface area contributed by atoms with E-state index in [1.54, 1.807) is 0 Å². The number of aromatic nitrogens is 2. The topological polar surface area (TPSA) is 49.2 Å². The molecule has 1 heterocycles. The van der Waals surface area contributed by atoms with Crippen molar-refractivity contribution >= 4 is 16.7 Å². The van der Waals surface area contributed by atoms with Crippen LogP contribution in [0.1, 0.15) is 55.8 Å². The van der Waals surface area contributed by atoms with Gasteiger partial charge in [-0.15, -0.1) is 0 Å². The van der Waals surface area contributed by atoms with E-state index in [1.165, 1.54) is 29.9 Å². The van der Waals surface area contributed by atoms with Gasteiger partial charge in [0, 0.05) is 30.5 Å². The van der Waals surface area contributed by atoms with Gasteiger partial charge in [-0.25, -0.2) is 4.98 Å². The van der Waals surface area contributed by atoms with E-state index in [1.807, 2.05) is 6.07 Å². The van der Waals surface area contributed by atoms with Gasteiger partial charge in [0.2, 0.25) is 5.13 Å². The Balaban J connectivity index is 1.56. The quantitative estimate of drug-likeness (QED) is 0.877. The van der Waals surface area contributed by atoms with E-state index in [0.717, 1.165) is 43.2 Å². The maximum Gasteiger partial charge on any atom is 0.205 e. The molecule has 1 aromatic carbocycles. The van der Waals surface area contributed by atoms with Crippen molar-refractivity contribution in [1.29, 1.82) is 0 Å². The van der Waals surface area contributed by atoms with Crippen molar-refractivity contribution in [2.75, 3.05) is 11.4 Å². The number of aliphatic hydroxyl groups is 1.